The molecule has 3 heterocycles. The van der Waals surface area contributed by atoms with Gasteiger partial charge in [-0.3, -0.25) is 4.90 Å². The highest BCUT2D eigenvalue weighted by Crippen LogP contribution is 2.21. The van der Waals surface area contributed by atoms with Crippen LogP contribution in [0.5, 0.6) is 0 Å². The molecule has 0 radical (unpaired) electrons. The Bertz CT molecular complexity index is 447. The zero-order valence-corrected chi connectivity index (χ0v) is 11.9. The standard InChI is InChI=1S/C14H23N5/c1-18-6-3-7-19(2)13(10-18)14-16-9-11-8-15-5-4-12(11)17-14/h9,13,15H,3-8,10H2,1-2H3. The van der Waals surface area contributed by atoms with E-state index in [9.17, 15) is 0 Å². The number of nitrogens with zero attached hydrogens (tertiary/aromatic N) is 4. The summed E-state index contributed by atoms with van der Waals surface area (Å²) in [6.07, 6.45) is 4.26. The number of likely N-dealkylation sites (N-methyl/N-ethyl adjacent to an activating group) is 2. The van der Waals surface area contributed by atoms with Crippen LogP contribution in [0.3, 0.4) is 0 Å². The van der Waals surface area contributed by atoms with Crippen LogP contribution in [0.15, 0.2) is 6.20 Å². The second-order valence-corrected chi connectivity index (χ2v) is 5.74. The van der Waals surface area contributed by atoms with Crippen LogP contribution in [0.2, 0.25) is 0 Å². The first-order valence-electron chi connectivity index (χ1n) is 7.18. The minimum absolute atomic E-state index is 0.327. The van der Waals surface area contributed by atoms with E-state index in [1.54, 1.807) is 0 Å². The third kappa shape index (κ3) is 2.78. The molecular formula is C14H23N5. The molecule has 0 aliphatic carbocycles. The van der Waals surface area contributed by atoms with E-state index < -0.39 is 0 Å². The summed E-state index contributed by atoms with van der Waals surface area (Å²) < 4.78 is 0. The van der Waals surface area contributed by atoms with E-state index in [0.717, 1.165) is 45.0 Å². The maximum atomic E-state index is 4.84. The Hall–Kier alpha value is -1.04. The molecule has 1 N–H and O–H groups in total. The van der Waals surface area contributed by atoms with Crippen LogP contribution in [-0.2, 0) is 13.0 Å². The lowest BCUT2D eigenvalue weighted by atomic mass is 10.1. The van der Waals surface area contributed by atoms with Crippen molar-refractivity contribution in [1.82, 2.24) is 25.1 Å². The molecule has 0 aromatic carbocycles. The highest BCUT2D eigenvalue weighted by molar-refractivity contribution is 5.21. The molecule has 19 heavy (non-hydrogen) atoms. The van der Waals surface area contributed by atoms with E-state index in [1.807, 2.05) is 6.20 Å². The van der Waals surface area contributed by atoms with Gasteiger partial charge in [0.1, 0.15) is 5.82 Å². The van der Waals surface area contributed by atoms with Crippen LogP contribution in [0.1, 0.15) is 29.5 Å². The molecule has 1 aromatic rings. The Labute approximate surface area is 115 Å². The first-order valence-corrected chi connectivity index (χ1v) is 7.18. The van der Waals surface area contributed by atoms with Gasteiger partial charge in [0.2, 0.25) is 0 Å². The maximum absolute atomic E-state index is 4.84. The van der Waals surface area contributed by atoms with E-state index in [1.165, 1.54) is 17.7 Å². The summed E-state index contributed by atoms with van der Waals surface area (Å²) in [5.74, 6) is 0.997. The first kappa shape index (κ1) is 13.0. The Morgan fingerprint density at radius 3 is 3.11 bits per heavy atom. The fraction of sp³-hybridized carbons (Fsp3) is 0.714. The minimum Gasteiger partial charge on any atom is -0.312 e. The van der Waals surface area contributed by atoms with Crippen LogP contribution >= 0.6 is 0 Å². The van der Waals surface area contributed by atoms with Gasteiger partial charge >= 0.3 is 0 Å². The number of hydrogen-bond acceptors (Lipinski definition) is 5. The third-order valence-corrected chi connectivity index (χ3v) is 4.19. The molecule has 0 bridgehead atoms. The summed E-state index contributed by atoms with van der Waals surface area (Å²) in [5, 5.41) is 3.37. The van der Waals surface area contributed by atoms with Gasteiger partial charge in [0.15, 0.2) is 0 Å². The Kier molecular flexibility index (Phi) is 3.77. The molecule has 2 aliphatic rings. The largest absolute Gasteiger partial charge is 0.312 e. The number of aromatic nitrogens is 2. The summed E-state index contributed by atoms with van der Waals surface area (Å²) in [6, 6.07) is 0.327. The van der Waals surface area contributed by atoms with E-state index in [2.05, 4.69) is 34.2 Å². The zero-order valence-electron chi connectivity index (χ0n) is 11.9. The number of nitrogens with one attached hydrogen (secondary N) is 1. The Balaban J connectivity index is 1.87. The quantitative estimate of drug-likeness (QED) is 0.794. The maximum Gasteiger partial charge on any atom is 0.146 e. The normalized spacial score (nSPS) is 25.9. The summed E-state index contributed by atoms with van der Waals surface area (Å²) >= 11 is 0. The number of hydrogen-bond donors (Lipinski definition) is 1. The monoisotopic (exact) mass is 261 g/mol. The van der Waals surface area contributed by atoms with Gasteiger partial charge in [-0.15, -0.1) is 0 Å². The van der Waals surface area contributed by atoms with Gasteiger partial charge in [0.05, 0.1) is 6.04 Å². The molecule has 0 saturated carbocycles. The smallest absolute Gasteiger partial charge is 0.146 e. The van der Waals surface area contributed by atoms with Crippen LogP contribution in [0, 0.1) is 0 Å². The van der Waals surface area contributed by atoms with Crippen LogP contribution < -0.4 is 5.32 Å². The highest BCUT2D eigenvalue weighted by atomic mass is 15.2. The summed E-state index contributed by atoms with van der Waals surface area (Å²) in [6.45, 7) is 5.25. The molecule has 1 fully saturated rings. The van der Waals surface area contributed by atoms with Gasteiger partial charge in [0.25, 0.3) is 0 Å². The topological polar surface area (TPSA) is 44.3 Å². The second-order valence-electron chi connectivity index (χ2n) is 5.74. The van der Waals surface area contributed by atoms with Gasteiger partial charge in [-0.05, 0) is 33.6 Å². The average molecular weight is 261 g/mol. The van der Waals surface area contributed by atoms with Crippen LogP contribution in [0.4, 0.5) is 0 Å². The first-order chi connectivity index (χ1) is 9.24. The molecule has 5 heteroatoms. The molecule has 5 nitrogen and oxygen atoms in total. The highest BCUT2D eigenvalue weighted by Gasteiger charge is 2.25. The predicted octanol–water partition coefficient (Wildman–Crippen LogP) is 0.431. The van der Waals surface area contributed by atoms with Crippen molar-refractivity contribution in [3.8, 4) is 0 Å². The second kappa shape index (κ2) is 5.53. The molecule has 1 unspecified atom stereocenters. The zero-order chi connectivity index (χ0) is 13.2. The third-order valence-electron chi connectivity index (χ3n) is 4.19. The van der Waals surface area contributed by atoms with Crippen molar-refractivity contribution in [2.45, 2.75) is 25.4 Å². The fourth-order valence-corrected chi connectivity index (χ4v) is 2.96. The molecule has 3 rings (SSSR count). The van der Waals surface area contributed by atoms with Gasteiger partial charge in [-0.2, -0.15) is 0 Å². The van der Waals surface area contributed by atoms with E-state index >= 15 is 0 Å². The van der Waals surface area contributed by atoms with Crippen LogP contribution in [-0.4, -0.2) is 60.0 Å². The molecule has 0 spiro atoms. The lowest BCUT2D eigenvalue weighted by Crippen LogP contribution is -2.33. The minimum atomic E-state index is 0.327. The Morgan fingerprint density at radius 1 is 1.32 bits per heavy atom. The Morgan fingerprint density at radius 2 is 2.21 bits per heavy atom. The van der Waals surface area contributed by atoms with Crippen molar-refractivity contribution in [3.63, 3.8) is 0 Å². The average Bonchev–Trinajstić information content (AvgIpc) is 2.60. The summed E-state index contributed by atoms with van der Waals surface area (Å²) in [7, 11) is 4.38. The van der Waals surface area contributed by atoms with Crippen molar-refractivity contribution in [2.24, 2.45) is 0 Å². The van der Waals surface area contributed by atoms with E-state index in [-0.39, 0.29) is 0 Å². The molecule has 2 aliphatic heterocycles. The van der Waals surface area contributed by atoms with Crippen LogP contribution in [0.25, 0.3) is 0 Å². The van der Waals surface area contributed by atoms with Crippen molar-refractivity contribution < 1.29 is 0 Å². The lowest BCUT2D eigenvalue weighted by molar-refractivity contribution is 0.219. The van der Waals surface area contributed by atoms with Gasteiger partial charge in [-0.1, -0.05) is 0 Å². The van der Waals surface area contributed by atoms with Gasteiger partial charge < -0.3 is 10.2 Å². The molecular weight excluding hydrogens is 238 g/mol. The van der Waals surface area contributed by atoms with Gasteiger partial charge in [0, 0.05) is 43.5 Å². The summed E-state index contributed by atoms with van der Waals surface area (Å²) in [4.78, 5) is 14.2. The molecule has 0 amide bonds. The number of rotatable bonds is 1. The van der Waals surface area contributed by atoms with Gasteiger partial charge in [-0.25, -0.2) is 9.97 Å². The lowest BCUT2D eigenvalue weighted by Gasteiger charge is -2.27. The van der Waals surface area contributed by atoms with Crippen molar-refractivity contribution >= 4 is 0 Å². The predicted molar refractivity (Wildman–Crippen MR) is 74.9 cm³/mol. The summed E-state index contributed by atoms with van der Waals surface area (Å²) in [5.41, 5.74) is 2.50. The van der Waals surface area contributed by atoms with Crippen molar-refractivity contribution in [2.75, 3.05) is 40.3 Å². The SMILES string of the molecule is CN1CCCN(C)C(c2ncc3c(n2)CCNC3)C1. The number of fused-ring (bicyclic) bond motifs is 1. The molecule has 1 saturated heterocycles. The van der Waals surface area contributed by atoms with Crippen molar-refractivity contribution in [3.05, 3.63) is 23.3 Å². The molecule has 1 aromatic heterocycles. The molecule has 1 atom stereocenters. The van der Waals surface area contributed by atoms with Crippen molar-refractivity contribution in [1.29, 1.82) is 0 Å². The fourth-order valence-electron chi connectivity index (χ4n) is 2.96. The van der Waals surface area contributed by atoms with E-state index in [4.69, 9.17) is 4.98 Å². The molecule has 104 valence electrons. The van der Waals surface area contributed by atoms with E-state index in [0.29, 0.717) is 6.04 Å².